The highest BCUT2D eigenvalue weighted by molar-refractivity contribution is 5.97. The first kappa shape index (κ1) is 26.2. The van der Waals surface area contributed by atoms with Crippen LogP contribution in [0.3, 0.4) is 0 Å². The van der Waals surface area contributed by atoms with Crippen molar-refractivity contribution < 1.29 is 28.5 Å². The molecule has 0 aromatic heterocycles. The molecule has 0 radical (unpaired) electrons. The fourth-order valence-corrected chi connectivity index (χ4v) is 4.34. The molecule has 3 rings (SSSR count). The van der Waals surface area contributed by atoms with Crippen LogP contribution in [0.25, 0.3) is 0 Å². The van der Waals surface area contributed by atoms with E-state index in [-0.39, 0.29) is 18.4 Å². The van der Waals surface area contributed by atoms with Gasteiger partial charge in [-0.05, 0) is 68.4 Å². The number of aryl methyl sites for hydroxylation is 1. The number of hydrogen-bond donors (Lipinski definition) is 1. The van der Waals surface area contributed by atoms with E-state index in [2.05, 4.69) is 17.4 Å². The number of nitrogens with one attached hydrogen (secondary N) is 1. The maximum atomic E-state index is 12.7. The molecule has 0 saturated carbocycles. The first-order valence-corrected chi connectivity index (χ1v) is 12.1. The second kappa shape index (κ2) is 12.9. The average Bonchev–Trinajstić information content (AvgIpc) is 2.90. The summed E-state index contributed by atoms with van der Waals surface area (Å²) in [5.41, 5.74) is 1.64. The number of methoxy groups -OCH3 is 3. The van der Waals surface area contributed by atoms with E-state index in [0.717, 1.165) is 31.4 Å². The number of benzene rings is 2. The maximum absolute atomic E-state index is 12.7. The van der Waals surface area contributed by atoms with Crippen molar-refractivity contribution in [1.82, 2.24) is 10.2 Å². The zero-order valence-electron chi connectivity index (χ0n) is 21.1. The first-order chi connectivity index (χ1) is 17.0. The monoisotopic (exact) mass is 484 g/mol. The standard InChI is InChI=1S/C27H36N2O6/c1-5-35-22-10-8-19(9-11-22)6-7-20-12-14-29(15-13-20)25(30)18-28-27(31)21-16-23(32-2)26(34-4)24(17-21)33-3/h8-11,16-17,20H,5-7,12-15,18H2,1-4H3,(H,28,31). The average molecular weight is 485 g/mol. The lowest BCUT2D eigenvalue weighted by molar-refractivity contribution is -0.131. The van der Waals surface area contributed by atoms with Gasteiger partial charge in [-0.3, -0.25) is 9.59 Å². The van der Waals surface area contributed by atoms with Crippen molar-refractivity contribution in [3.05, 3.63) is 47.5 Å². The Labute approximate surface area is 207 Å². The number of carbonyl (C=O) groups excluding carboxylic acids is 2. The van der Waals surface area contributed by atoms with Crippen LogP contribution in [0.1, 0.15) is 42.1 Å². The predicted molar refractivity (Wildman–Crippen MR) is 134 cm³/mol. The van der Waals surface area contributed by atoms with Gasteiger partial charge in [0.2, 0.25) is 11.7 Å². The van der Waals surface area contributed by atoms with Gasteiger partial charge in [0.1, 0.15) is 5.75 Å². The molecule has 1 saturated heterocycles. The minimum atomic E-state index is -0.372. The molecule has 0 aliphatic carbocycles. The second-order valence-corrected chi connectivity index (χ2v) is 8.54. The highest BCUT2D eigenvalue weighted by Gasteiger charge is 2.23. The third-order valence-electron chi connectivity index (χ3n) is 6.37. The normalized spacial score (nSPS) is 13.8. The molecule has 190 valence electrons. The van der Waals surface area contributed by atoms with Crippen LogP contribution in [0, 0.1) is 5.92 Å². The van der Waals surface area contributed by atoms with E-state index in [1.807, 2.05) is 24.0 Å². The van der Waals surface area contributed by atoms with Crippen LogP contribution in [0.5, 0.6) is 23.0 Å². The van der Waals surface area contributed by atoms with Gasteiger partial charge in [-0.2, -0.15) is 0 Å². The van der Waals surface area contributed by atoms with E-state index in [4.69, 9.17) is 18.9 Å². The van der Waals surface area contributed by atoms with Crippen LogP contribution in [0.4, 0.5) is 0 Å². The molecule has 1 heterocycles. The third-order valence-corrected chi connectivity index (χ3v) is 6.37. The molecular formula is C27H36N2O6. The topological polar surface area (TPSA) is 86.3 Å². The van der Waals surface area contributed by atoms with Crippen molar-refractivity contribution in [2.75, 3.05) is 47.6 Å². The Kier molecular flexibility index (Phi) is 9.64. The molecule has 8 nitrogen and oxygen atoms in total. The lowest BCUT2D eigenvalue weighted by atomic mass is 9.90. The molecule has 1 aliphatic heterocycles. The number of rotatable bonds is 11. The molecule has 0 spiro atoms. The van der Waals surface area contributed by atoms with Gasteiger partial charge in [-0.1, -0.05) is 12.1 Å². The molecule has 1 fully saturated rings. The summed E-state index contributed by atoms with van der Waals surface area (Å²) in [4.78, 5) is 27.2. The summed E-state index contributed by atoms with van der Waals surface area (Å²) in [6, 6.07) is 11.4. The highest BCUT2D eigenvalue weighted by atomic mass is 16.5. The molecule has 1 N–H and O–H groups in total. The highest BCUT2D eigenvalue weighted by Crippen LogP contribution is 2.38. The first-order valence-electron chi connectivity index (χ1n) is 12.1. The Morgan fingerprint density at radius 2 is 1.60 bits per heavy atom. The molecule has 35 heavy (non-hydrogen) atoms. The van der Waals surface area contributed by atoms with Crippen molar-refractivity contribution in [3.63, 3.8) is 0 Å². The van der Waals surface area contributed by atoms with Crippen LogP contribution in [-0.2, 0) is 11.2 Å². The van der Waals surface area contributed by atoms with Gasteiger partial charge in [-0.15, -0.1) is 0 Å². The number of nitrogens with zero attached hydrogens (tertiary/aromatic N) is 1. The lowest BCUT2D eigenvalue weighted by Gasteiger charge is -2.32. The van der Waals surface area contributed by atoms with Gasteiger partial charge in [0.05, 0.1) is 34.5 Å². The summed E-state index contributed by atoms with van der Waals surface area (Å²) in [7, 11) is 4.48. The Hall–Kier alpha value is -3.42. The Morgan fingerprint density at radius 3 is 2.14 bits per heavy atom. The molecule has 2 amide bonds. The largest absolute Gasteiger partial charge is 0.494 e. The summed E-state index contributed by atoms with van der Waals surface area (Å²) in [5, 5.41) is 2.72. The number of ether oxygens (including phenoxy) is 4. The van der Waals surface area contributed by atoms with Crippen LogP contribution >= 0.6 is 0 Å². The SMILES string of the molecule is CCOc1ccc(CCC2CCN(C(=O)CNC(=O)c3cc(OC)c(OC)c(OC)c3)CC2)cc1. The summed E-state index contributed by atoms with van der Waals surface area (Å²) in [5.74, 6) is 2.23. The Bertz CT molecular complexity index is 959. The van der Waals surface area contributed by atoms with E-state index in [9.17, 15) is 9.59 Å². The summed E-state index contributed by atoms with van der Waals surface area (Å²) in [6.45, 7) is 4.03. The van der Waals surface area contributed by atoms with Crippen molar-refractivity contribution in [3.8, 4) is 23.0 Å². The summed E-state index contributed by atoms with van der Waals surface area (Å²) < 4.78 is 21.4. The minimum Gasteiger partial charge on any atom is -0.494 e. The van der Waals surface area contributed by atoms with E-state index in [0.29, 0.717) is 48.4 Å². The number of amides is 2. The van der Waals surface area contributed by atoms with E-state index < -0.39 is 0 Å². The predicted octanol–water partition coefficient (Wildman–Crippen LogP) is 3.71. The van der Waals surface area contributed by atoms with Crippen molar-refractivity contribution >= 4 is 11.8 Å². The van der Waals surface area contributed by atoms with Gasteiger partial charge in [0, 0.05) is 18.7 Å². The molecule has 2 aromatic rings. The number of hydrogen-bond acceptors (Lipinski definition) is 6. The molecule has 0 bridgehead atoms. The lowest BCUT2D eigenvalue weighted by Crippen LogP contribution is -2.44. The van der Waals surface area contributed by atoms with Gasteiger partial charge >= 0.3 is 0 Å². The zero-order chi connectivity index (χ0) is 25.2. The smallest absolute Gasteiger partial charge is 0.251 e. The fraction of sp³-hybridized carbons (Fsp3) is 0.481. The van der Waals surface area contributed by atoms with Gasteiger partial charge in [0.15, 0.2) is 11.5 Å². The van der Waals surface area contributed by atoms with Gasteiger partial charge < -0.3 is 29.2 Å². The van der Waals surface area contributed by atoms with Crippen LogP contribution in [0.2, 0.25) is 0 Å². The zero-order valence-corrected chi connectivity index (χ0v) is 21.1. The molecule has 0 atom stereocenters. The van der Waals surface area contributed by atoms with Crippen molar-refractivity contribution in [2.45, 2.75) is 32.6 Å². The quantitative estimate of drug-likeness (QED) is 0.523. The van der Waals surface area contributed by atoms with Gasteiger partial charge in [0.25, 0.3) is 5.91 Å². The van der Waals surface area contributed by atoms with Crippen LogP contribution in [0.15, 0.2) is 36.4 Å². The van der Waals surface area contributed by atoms with E-state index in [1.165, 1.54) is 26.9 Å². The minimum absolute atomic E-state index is 0.0493. The number of likely N-dealkylation sites (tertiary alicyclic amines) is 1. The fourth-order valence-electron chi connectivity index (χ4n) is 4.34. The van der Waals surface area contributed by atoms with Crippen LogP contribution < -0.4 is 24.3 Å². The third kappa shape index (κ3) is 7.04. The Morgan fingerprint density at radius 1 is 0.971 bits per heavy atom. The second-order valence-electron chi connectivity index (χ2n) is 8.54. The Balaban J connectivity index is 1.44. The van der Waals surface area contributed by atoms with Gasteiger partial charge in [-0.25, -0.2) is 0 Å². The molecule has 8 heteroatoms. The van der Waals surface area contributed by atoms with E-state index in [1.54, 1.807) is 12.1 Å². The summed E-state index contributed by atoms with van der Waals surface area (Å²) >= 11 is 0. The van der Waals surface area contributed by atoms with E-state index >= 15 is 0 Å². The van der Waals surface area contributed by atoms with Crippen molar-refractivity contribution in [2.24, 2.45) is 5.92 Å². The molecular weight excluding hydrogens is 448 g/mol. The maximum Gasteiger partial charge on any atom is 0.251 e. The molecule has 2 aromatic carbocycles. The van der Waals surface area contributed by atoms with Crippen LogP contribution in [-0.4, -0.2) is 64.3 Å². The number of carbonyl (C=O) groups is 2. The number of piperidine rings is 1. The molecule has 1 aliphatic rings. The summed E-state index contributed by atoms with van der Waals surface area (Å²) in [6.07, 6.45) is 4.08. The van der Waals surface area contributed by atoms with Crippen molar-refractivity contribution in [1.29, 1.82) is 0 Å². The molecule has 0 unspecified atom stereocenters.